The molecule has 0 aliphatic heterocycles. The van der Waals surface area contributed by atoms with Crippen molar-refractivity contribution in [2.75, 3.05) is 16.8 Å². The van der Waals surface area contributed by atoms with Crippen LogP contribution in [0.15, 0.2) is 28.7 Å². The Labute approximate surface area is 106 Å². The van der Waals surface area contributed by atoms with Gasteiger partial charge in [-0.15, -0.1) is 11.8 Å². The van der Waals surface area contributed by atoms with Gasteiger partial charge in [-0.1, -0.05) is 15.9 Å². The number of rotatable bonds is 5. The maximum absolute atomic E-state index is 11.3. The van der Waals surface area contributed by atoms with Crippen molar-refractivity contribution in [3.63, 3.8) is 0 Å². The smallest absolute Gasteiger partial charge is 0.313 e. The molecule has 6 heteroatoms. The molecule has 0 fully saturated rings. The molecule has 0 aliphatic rings. The number of thioether (sulfide) groups is 1. The van der Waals surface area contributed by atoms with Gasteiger partial charge in [0.25, 0.3) is 0 Å². The van der Waals surface area contributed by atoms with Gasteiger partial charge in [0.15, 0.2) is 0 Å². The fourth-order valence-electron chi connectivity index (χ4n) is 0.961. The van der Waals surface area contributed by atoms with Crippen LogP contribution in [0.1, 0.15) is 0 Å². The highest BCUT2D eigenvalue weighted by Crippen LogP contribution is 2.14. The minimum Gasteiger partial charge on any atom is -0.481 e. The molecule has 0 atom stereocenters. The van der Waals surface area contributed by atoms with Crippen LogP contribution in [-0.2, 0) is 9.59 Å². The molecule has 4 nitrogen and oxygen atoms in total. The number of hydrogen-bond donors (Lipinski definition) is 2. The van der Waals surface area contributed by atoms with Gasteiger partial charge in [0.2, 0.25) is 5.91 Å². The van der Waals surface area contributed by atoms with Crippen molar-refractivity contribution in [2.45, 2.75) is 0 Å². The molecule has 0 aromatic heterocycles. The van der Waals surface area contributed by atoms with E-state index in [1.165, 1.54) is 0 Å². The fourth-order valence-corrected chi connectivity index (χ4v) is 1.76. The van der Waals surface area contributed by atoms with Crippen LogP contribution in [0, 0.1) is 0 Å². The third kappa shape index (κ3) is 5.18. The second-order valence-corrected chi connectivity index (χ2v) is 4.84. The standard InChI is InChI=1S/C10H10BrNO3S/c11-7-1-3-8(4-2-7)12-9(13)5-16-6-10(14)15/h1-4H,5-6H2,(H,12,13)(H,14,15). The summed E-state index contributed by atoms with van der Waals surface area (Å²) in [5, 5.41) is 11.1. The number of aliphatic carboxylic acids is 1. The molecule has 0 bridgehead atoms. The molecule has 1 amide bonds. The number of nitrogens with one attached hydrogen (secondary N) is 1. The maximum atomic E-state index is 11.3. The molecule has 0 radical (unpaired) electrons. The van der Waals surface area contributed by atoms with Gasteiger partial charge in [0.1, 0.15) is 0 Å². The van der Waals surface area contributed by atoms with E-state index < -0.39 is 5.97 Å². The van der Waals surface area contributed by atoms with Crippen molar-refractivity contribution in [3.8, 4) is 0 Å². The second-order valence-electron chi connectivity index (χ2n) is 2.94. The Morgan fingerprint density at radius 3 is 2.44 bits per heavy atom. The zero-order chi connectivity index (χ0) is 12.0. The minimum atomic E-state index is -0.915. The summed E-state index contributed by atoms with van der Waals surface area (Å²) < 4.78 is 0.936. The molecule has 0 aliphatic carbocycles. The van der Waals surface area contributed by atoms with Crippen LogP contribution in [0.5, 0.6) is 0 Å². The Bertz CT molecular complexity index is 380. The van der Waals surface area contributed by atoms with Gasteiger partial charge in [-0.3, -0.25) is 9.59 Å². The summed E-state index contributed by atoms with van der Waals surface area (Å²) in [6, 6.07) is 7.17. The monoisotopic (exact) mass is 303 g/mol. The highest BCUT2D eigenvalue weighted by atomic mass is 79.9. The number of carboxylic acid groups (broad SMARTS) is 1. The Hall–Kier alpha value is -1.01. The topological polar surface area (TPSA) is 66.4 Å². The summed E-state index contributed by atoms with van der Waals surface area (Å²) in [4.78, 5) is 21.6. The highest BCUT2D eigenvalue weighted by molar-refractivity contribution is 9.10. The number of halogens is 1. The third-order valence-electron chi connectivity index (χ3n) is 1.59. The second kappa shape index (κ2) is 6.55. The summed E-state index contributed by atoms with van der Waals surface area (Å²) in [5.74, 6) is -1.04. The van der Waals surface area contributed by atoms with Crippen molar-refractivity contribution in [1.29, 1.82) is 0 Å². The number of benzene rings is 1. The fraction of sp³-hybridized carbons (Fsp3) is 0.200. The zero-order valence-corrected chi connectivity index (χ0v) is 10.7. The molecule has 16 heavy (non-hydrogen) atoms. The Morgan fingerprint density at radius 2 is 1.88 bits per heavy atom. The average molecular weight is 304 g/mol. The highest BCUT2D eigenvalue weighted by Gasteiger charge is 2.04. The molecule has 0 heterocycles. The van der Waals surface area contributed by atoms with Crippen LogP contribution in [0.25, 0.3) is 0 Å². The molecule has 0 saturated carbocycles. The molecular weight excluding hydrogens is 294 g/mol. The van der Waals surface area contributed by atoms with Crippen molar-refractivity contribution < 1.29 is 14.7 Å². The van der Waals surface area contributed by atoms with Crippen LogP contribution in [0.4, 0.5) is 5.69 Å². The summed E-state index contributed by atoms with van der Waals surface area (Å²) in [6.45, 7) is 0. The summed E-state index contributed by atoms with van der Waals surface area (Å²) in [6.07, 6.45) is 0. The molecule has 1 aromatic carbocycles. The number of amides is 1. The van der Waals surface area contributed by atoms with Gasteiger partial charge in [-0.2, -0.15) is 0 Å². The molecule has 0 saturated heterocycles. The van der Waals surface area contributed by atoms with Gasteiger partial charge in [-0.05, 0) is 24.3 Å². The molecule has 1 rings (SSSR count). The van der Waals surface area contributed by atoms with Crippen molar-refractivity contribution in [2.24, 2.45) is 0 Å². The zero-order valence-electron chi connectivity index (χ0n) is 8.27. The number of carbonyl (C=O) groups excluding carboxylic acids is 1. The van der Waals surface area contributed by atoms with Crippen molar-refractivity contribution in [1.82, 2.24) is 0 Å². The number of anilines is 1. The van der Waals surface area contributed by atoms with Gasteiger partial charge >= 0.3 is 5.97 Å². The molecule has 0 spiro atoms. The normalized spacial score (nSPS) is 9.81. The van der Waals surface area contributed by atoms with Gasteiger partial charge in [0, 0.05) is 10.2 Å². The Balaban J connectivity index is 2.34. The van der Waals surface area contributed by atoms with Crippen LogP contribution in [-0.4, -0.2) is 28.5 Å². The first kappa shape index (κ1) is 13.1. The summed E-state index contributed by atoms with van der Waals surface area (Å²) in [7, 11) is 0. The van der Waals surface area contributed by atoms with E-state index >= 15 is 0 Å². The maximum Gasteiger partial charge on any atom is 0.313 e. The number of hydrogen-bond acceptors (Lipinski definition) is 3. The van der Waals surface area contributed by atoms with E-state index in [4.69, 9.17) is 5.11 Å². The molecule has 0 unspecified atom stereocenters. The van der Waals surface area contributed by atoms with Gasteiger partial charge in [-0.25, -0.2) is 0 Å². The summed E-state index contributed by atoms with van der Waals surface area (Å²) in [5.41, 5.74) is 0.698. The number of carbonyl (C=O) groups is 2. The van der Waals surface area contributed by atoms with Crippen LogP contribution in [0.2, 0.25) is 0 Å². The minimum absolute atomic E-state index is 0.0617. The van der Waals surface area contributed by atoms with Gasteiger partial charge in [0.05, 0.1) is 11.5 Å². The molecular formula is C10H10BrNO3S. The Morgan fingerprint density at radius 1 is 1.25 bits per heavy atom. The average Bonchev–Trinajstić information content (AvgIpc) is 2.21. The van der Waals surface area contributed by atoms with Crippen LogP contribution >= 0.6 is 27.7 Å². The lowest BCUT2D eigenvalue weighted by atomic mass is 10.3. The van der Waals surface area contributed by atoms with E-state index in [0.717, 1.165) is 16.2 Å². The molecule has 86 valence electrons. The summed E-state index contributed by atoms with van der Waals surface area (Å²) >= 11 is 4.36. The third-order valence-corrected chi connectivity index (χ3v) is 3.03. The lowest BCUT2D eigenvalue weighted by Gasteiger charge is -2.04. The molecule has 2 N–H and O–H groups in total. The number of carboxylic acids is 1. The first-order valence-electron chi connectivity index (χ1n) is 4.43. The van der Waals surface area contributed by atoms with E-state index in [1.807, 2.05) is 12.1 Å². The van der Waals surface area contributed by atoms with Gasteiger partial charge < -0.3 is 10.4 Å². The predicted molar refractivity (Wildman–Crippen MR) is 67.7 cm³/mol. The largest absolute Gasteiger partial charge is 0.481 e. The van der Waals surface area contributed by atoms with E-state index in [-0.39, 0.29) is 17.4 Å². The first-order chi connectivity index (χ1) is 7.58. The van der Waals surface area contributed by atoms with Crippen molar-refractivity contribution >= 4 is 45.3 Å². The molecule has 1 aromatic rings. The van der Waals surface area contributed by atoms with E-state index in [0.29, 0.717) is 5.69 Å². The quantitative estimate of drug-likeness (QED) is 0.875. The Kier molecular flexibility index (Phi) is 5.34. The van der Waals surface area contributed by atoms with Crippen molar-refractivity contribution in [3.05, 3.63) is 28.7 Å². The van der Waals surface area contributed by atoms with Crippen LogP contribution in [0.3, 0.4) is 0 Å². The predicted octanol–water partition coefficient (Wildman–Crippen LogP) is 2.21. The van der Waals surface area contributed by atoms with Crippen LogP contribution < -0.4 is 5.32 Å². The SMILES string of the molecule is O=C(O)CSCC(=O)Nc1ccc(Br)cc1. The van der Waals surface area contributed by atoms with E-state index in [2.05, 4.69) is 21.2 Å². The first-order valence-corrected chi connectivity index (χ1v) is 6.37. The lowest BCUT2D eigenvalue weighted by Crippen LogP contribution is -2.15. The lowest BCUT2D eigenvalue weighted by molar-refractivity contribution is -0.133. The van der Waals surface area contributed by atoms with E-state index in [1.54, 1.807) is 12.1 Å². The van der Waals surface area contributed by atoms with E-state index in [9.17, 15) is 9.59 Å².